The summed E-state index contributed by atoms with van der Waals surface area (Å²) in [6.07, 6.45) is 4.63. The van der Waals surface area contributed by atoms with Crippen molar-refractivity contribution in [1.82, 2.24) is 25.1 Å². The lowest BCUT2D eigenvalue weighted by atomic mass is 10.1. The van der Waals surface area contributed by atoms with Crippen LogP contribution in [0.2, 0.25) is 0 Å². The lowest BCUT2D eigenvalue weighted by Crippen LogP contribution is -2.32. The summed E-state index contributed by atoms with van der Waals surface area (Å²) in [7, 11) is 0. The van der Waals surface area contributed by atoms with E-state index in [0.29, 0.717) is 17.9 Å². The van der Waals surface area contributed by atoms with Crippen molar-refractivity contribution >= 4 is 5.91 Å². The molecule has 114 valence electrons. The average molecular weight is 305 g/mol. The number of nitrogens with one attached hydrogen (secondary N) is 1. The Kier molecular flexibility index (Phi) is 3.34. The summed E-state index contributed by atoms with van der Waals surface area (Å²) in [6.45, 7) is 0.624. The molecular formula is C17H15N5O. The van der Waals surface area contributed by atoms with Crippen LogP contribution in [0.25, 0.3) is 5.82 Å². The van der Waals surface area contributed by atoms with E-state index in [9.17, 15) is 4.79 Å². The topological polar surface area (TPSA) is 72.7 Å². The van der Waals surface area contributed by atoms with Crippen LogP contribution >= 0.6 is 0 Å². The molecule has 4 rings (SSSR count). The highest BCUT2D eigenvalue weighted by atomic mass is 16.1. The van der Waals surface area contributed by atoms with Gasteiger partial charge in [-0.15, -0.1) is 0 Å². The summed E-state index contributed by atoms with van der Waals surface area (Å²) in [5.74, 6) is 0.623. The van der Waals surface area contributed by atoms with Crippen LogP contribution in [0.1, 0.15) is 27.3 Å². The minimum atomic E-state index is -0.0731. The quantitative estimate of drug-likeness (QED) is 0.796. The lowest BCUT2D eigenvalue weighted by molar-refractivity contribution is 0.0945. The van der Waals surface area contributed by atoms with Gasteiger partial charge in [-0.1, -0.05) is 30.3 Å². The van der Waals surface area contributed by atoms with Crippen molar-refractivity contribution in [3.8, 4) is 5.82 Å². The van der Waals surface area contributed by atoms with E-state index in [-0.39, 0.29) is 5.91 Å². The van der Waals surface area contributed by atoms with Gasteiger partial charge in [-0.05, 0) is 5.56 Å². The molecule has 0 saturated heterocycles. The van der Waals surface area contributed by atoms with E-state index in [2.05, 4.69) is 32.5 Å². The highest BCUT2D eigenvalue weighted by Crippen LogP contribution is 2.17. The third-order valence-corrected chi connectivity index (χ3v) is 3.92. The highest BCUT2D eigenvalue weighted by Gasteiger charge is 2.22. The van der Waals surface area contributed by atoms with Gasteiger partial charge in [0.05, 0.1) is 23.1 Å². The van der Waals surface area contributed by atoms with Crippen LogP contribution in [0.4, 0.5) is 0 Å². The van der Waals surface area contributed by atoms with Crippen LogP contribution in [-0.4, -0.2) is 32.2 Å². The van der Waals surface area contributed by atoms with E-state index in [0.717, 1.165) is 24.2 Å². The molecule has 0 bridgehead atoms. The normalized spacial score (nSPS) is 13.5. The van der Waals surface area contributed by atoms with Gasteiger partial charge in [0.1, 0.15) is 6.33 Å². The largest absolute Gasteiger partial charge is 0.352 e. The fraction of sp³-hybridized carbons (Fsp3) is 0.176. The average Bonchev–Trinajstić information content (AvgIpc) is 3.02. The smallest absolute Gasteiger partial charge is 0.254 e. The van der Waals surface area contributed by atoms with E-state index in [1.54, 1.807) is 17.2 Å². The second-order valence-corrected chi connectivity index (χ2v) is 5.45. The van der Waals surface area contributed by atoms with Gasteiger partial charge in [-0.2, -0.15) is 5.10 Å². The van der Waals surface area contributed by atoms with E-state index in [4.69, 9.17) is 0 Å². The highest BCUT2D eigenvalue weighted by molar-refractivity contribution is 5.96. The summed E-state index contributed by atoms with van der Waals surface area (Å²) in [5.41, 5.74) is 3.64. The molecule has 1 amide bonds. The molecule has 1 aliphatic heterocycles. The molecule has 3 heterocycles. The third-order valence-electron chi connectivity index (χ3n) is 3.92. The summed E-state index contributed by atoms with van der Waals surface area (Å²) in [4.78, 5) is 20.5. The molecule has 2 aromatic heterocycles. The SMILES string of the molecule is O=C1NCCc2c1cnn2-c1cc(Cc2ccccc2)ncn1. The predicted octanol–water partition coefficient (Wildman–Crippen LogP) is 1.54. The second kappa shape index (κ2) is 5.64. The zero-order valence-electron chi connectivity index (χ0n) is 12.4. The van der Waals surface area contributed by atoms with Crippen molar-refractivity contribution in [3.05, 3.63) is 71.4 Å². The Morgan fingerprint density at radius 2 is 2.04 bits per heavy atom. The fourth-order valence-corrected chi connectivity index (χ4v) is 2.79. The molecular weight excluding hydrogens is 290 g/mol. The zero-order chi connectivity index (χ0) is 15.6. The number of aromatic nitrogens is 4. The van der Waals surface area contributed by atoms with Gasteiger partial charge in [0.15, 0.2) is 5.82 Å². The molecule has 0 spiro atoms. The Labute approximate surface area is 133 Å². The van der Waals surface area contributed by atoms with Gasteiger partial charge in [0.25, 0.3) is 5.91 Å². The van der Waals surface area contributed by atoms with E-state index < -0.39 is 0 Å². The van der Waals surface area contributed by atoms with Crippen molar-refractivity contribution in [2.24, 2.45) is 0 Å². The maximum absolute atomic E-state index is 11.8. The van der Waals surface area contributed by atoms with Gasteiger partial charge < -0.3 is 5.32 Å². The molecule has 6 heteroatoms. The van der Waals surface area contributed by atoms with Gasteiger partial charge in [0, 0.05) is 25.5 Å². The molecule has 0 unspecified atom stereocenters. The van der Waals surface area contributed by atoms with Crippen molar-refractivity contribution in [2.75, 3.05) is 6.54 Å². The molecule has 3 aromatic rings. The second-order valence-electron chi connectivity index (χ2n) is 5.45. The Morgan fingerprint density at radius 1 is 1.17 bits per heavy atom. The van der Waals surface area contributed by atoms with Gasteiger partial charge >= 0.3 is 0 Å². The molecule has 0 radical (unpaired) electrons. The Hall–Kier alpha value is -3.02. The van der Waals surface area contributed by atoms with Crippen LogP contribution in [0.5, 0.6) is 0 Å². The van der Waals surface area contributed by atoms with Crippen LogP contribution in [-0.2, 0) is 12.8 Å². The first-order valence-electron chi connectivity index (χ1n) is 7.51. The number of rotatable bonds is 3. The molecule has 1 N–H and O–H groups in total. The summed E-state index contributed by atoms with van der Waals surface area (Å²) >= 11 is 0. The summed E-state index contributed by atoms with van der Waals surface area (Å²) < 4.78 is 1.74. The first-order valence-corrected chi connectivity index (χ1v) is 7.51. The number of fused-ring (bicyclic) bond motifs is 1. The Balaban J connectivity index is 1.68. The van der Waals surface area contributed by atoms with Crippen LogP contribution in [0.3, 0.4) is 0 Å². The summed E-state index contributed by atoms with van der Waals surface area (Å²) in [6, 6.07) is 12.1. The zero-order valence-corrected chi connectivity index (χ0v) is 12.4. The van der Waals surface area contributed by atoms with Gasteiger partial charge in [-0.25, -0.2) is 14.6 Å². The van der Waals surface area contributed by atoms with Crippen molar-refractivity contribution in [3.63, 3.8) is 0 Å². The molecule has 0 aliphatic carbocycles. The number of hydrogen-bond acceptors (Lipinski definition) is 4. The Bertz CT molecular complexity index is 856. The first kappa shape index (κ1) is 13.6. The maximum Gasteiger partial charge on any atom is 0.254 e. The molecule has 0 atom stereocenters. The molecule has 0 saturated carbocycles. The molecule has 23 heavy (non-hydrogen) atoms. The first-order chi connectivity index (χ1) is 11.3. The van der Waals surface area contributed by atoms with Gasteiger partial charge in [-0.3, -0.25) is 4.79 Å². The van der Waals surface area contributed by atoms with E-state index in [1.807, 2.05) is 24.3 Å². The number of carbonyl (C=O) groups is 1. The van der Waals surface area contributed by atoms with Crippen LogP contribution in [0.15, 0.2) is 48.9 Å². The van der Waals surface area contributed by atoms with Crippen molar-refractivity contribution < 1.29 is 4.79 Å². The lowest BCUT2D eigenvalue weighted by Gasteiger charge is -2.14. The Morgan fingerprint density at radius 3 is 2.91 bits per heavy atom. The number of amides is 1. The van der Waals surface area contributed by atoms with Gasteiger partial charge in [0.2, 0.25) is 0 Å². The molecule has 0 fully saturated rings. The van der Waals surface area contributed by atoms with E-state index in [1.165, 1.54) is 5.56 Å². The predicted molar refractivity (Wildman–Crippen MR) is 84.4 cm³/mol. The number of hydrogen-bond donors (Lipinski definition) is 1. The maximum atomic E-state index is 11.8. The van der Waals surface area contributed by atoms with Crippen molar-refractivity contribution in [1.29, 1.82) is 0 Å². The van der Waals surface area contributed by atoms with Crippen LogP contribution in [0, 0.1) is 0 Å². The standard InChI is InChI=1S/C17H15N5O/c23-17-14-10-21-22(15(14)6-7-18-17)16-9-13(19-11-20-16)8-12-4-2-1-3-5-12/h1-5,9-11H,6-8H2,(H,18,23). The van der Waals surface area contributed by atoms with E-state index >= 15 is 0 Å². The molecule has 6 nitrogen and oxygen atoms in total. The number of nitrogens with zero attached hydrogens (tertiary/aromatic N) is 4. The number of benzene rings is 1. The number of carbonyl (C=O) groups excluding carboxylic acids is 1. The molecule has 1 aromatic carbocycles. The minimum Gasteiger partial charge on any atom is -0.352 e. The molecule has 1 aliphatic rings. The fourth-order valence-electron chi connectivity index (χ4n) is 2.79. The third kappa shape index (κ3) is 2.59. The van der Waals surface area contributed by atoms with Crippen molar-refractivity contribution in [2.45, 2.75) is 12.8 Å². The minimum absolute atomic E-state index is 0.0731. The van der Waals surface area contributed by atoms with Crippen LogP contribution < -0.4 is 5.32 Å². The monoisotopic (exact) mass is 305 g/mol. The summed E-state index contributed by atoms with van der Waals surface area (Å²) in [5, 5.41) is 7.15.